The second kappa shape index (κ2) is 19.0. The van der Waals surface area contributed by atoms with Gasteiger partial charge in [-0.2, -0.15) is 0 Å². The molecule has 41 heavy (non-hydrogen) atoms. The van der Waals surface area contributed by atoms with Crippen LogP contribution in [-0.2, 0) is 20.9 Å². The summed E-state index contributed by atoms with van der Waals surface area (Å²) in [5.41, 5.74) is 7.43. The van der Waals surface area contributed by atoms with Crippen molar-refractivity contribution in [2.75, 3.05) is 19.6 Å². The van der Waals surface area contributed by atoms with Crippen LogP contribution in [0.4, 0.5) is 9.59 Å². The maximum Gasteiger partial charge on any atom is 0.407 e. The first kappa shape index (κ1) is 33.1. The fourth-order valence-corrected chi connectivity index (χ4v) is 4.09. The lowest BCUT2D eigenvalue weighted by molar-refractivity contribution is -0.139. The molecule has 0 heterocycles. The van der Waals surface area contributed by atoms with Crippen LogP contribution in [0.15, 0.2) is 60.7 Å². The molecule has 11 heteroatoms. The molecule has 1 unspecified atom stereocenters. The van der Waals surface area contributed by atoms with Crippen LogP contribution < -0.4 is 27.0 Å². The van der Waals surface area contributed by atoms with Crippen LogP contribution in [-0.4, -0.2) is 60.8 Å². The van der Waals surface area contributed by atoms with Crippen molar-refractivity contribution in [3.63, 3.8) is 0 Å². The maximum absolute atomic E-state index is 13.1. The molecule has 0 aromatic heterocycles. The van der Waals surface area contributed by atoms with E-state index in [4.69, 9.17) is 10.5 Å². The van der Waals surface area contributed by atoms with E-state index in [1.165, 1.54) is 0 Å². The Balaban J connectivity index is 1.86. The third-order valence-corrected chi connectivity index (χ3v) is 6.52. The lowest BCUT2D eigenvalue weighted by atomic mass is 10.0. The van der Waals surface area contributed by atoms with Gasteiger partial charge >= 0.3 is 18.1 Å². The highest BCUT2D eigenvalue weighted by Crippen LogP contribution is 2.13. The number of ether oxygens (including phenoxy) is 1. The second-order valence-corrected chi connectivity index (χ2v) is 9.89. The molecule has 224 valence electrons. The largest absolute Gasteiger partial charge is 0.480 e. The smallest absolute Gasteiger partial charge is 0.407 e. The molecule has 2 aromatic carbocycles. The van der Waals surface area contributed by atoms with E-state index in [0.29, 0.717) is 51.7 Å². The van der Waals surface area contributed by atoms with Gasteiger partial charge in [0.2, 0.25) is 5.91 Å². The van der Waals surface area contributed by atoms with Crippen LogP contribution >= 0.6 is 0 Å². The summed E-state index contributed by atoms with van der Waals surface area (Å²) in [4.78, 5) is 49.3. The molecule has 0 saturated carbocycles. The number of hydrogen-bond acceptors (Lipinski definition) is 6. The maximum atomic E-state index is 13.1. The minimum atomic E-state index is -1.15. The third-order valence-electron chi connectivity index (χ3n) is 6.52. The molecule has 3 atom stereocenters. The number of nitrogens with two attached hydrogens (primary N) is 1. The minimum absolute atomic E-state index is 0.0552. The Morgan fingerprint density at radius 3 is 2.10 bits per heavy atom. The molecule has 2 aromatic rings. The average Bonchev–Trinajstić information content (AvgIpc) is 2.98. The van der Waals surface area contributed by atoms with E-state index in [1.807, 2.05) is 67.6 Å². The molecule has 0 aliphatic carbocycles. The highest BCUT2D eigenvalue weighted by atomic mass is 16.5. The zero-order valence-corrected chi connectivity index (χ0v) is 23.6. The van der Waals surface area contributed by atoms with Crippen molar-refractivity contribution < 1.29 is 29.0 Å². The van der Waals surface area contributed by atoms with Gasteiger partial charge in [-0.15, -0.1) is 0 Å². The molecule has 0 spiro atoms. The van der Waals surface area contributed by atoms with Gasteiger partial charge in [0.05, 0.1) is 0 Å². The van der Waals surface area contributed by atoms with Crippen molar-refractivity contribution in [3.8, 4) is 0 Å². The lowest BCUT2D eigenvalue weighted by Gasteiger charge is -2.22. The number of rotatable bonds is 18. The van der Waals surface area contributed by atoms with Crippen molar-refractivity contribution in [3.05, 3.63) is 71.8 Å². The number of nitrogens with one attached hydrogen (secondary N) is 4. The molecule has 0 saturated heterocycles. The van der Waals surface area contributed by atoms with Crippen molar-refractivity contribution in [1.29, 1.82) is 0 Å². The molecular formula is C30H43N5O6. The third kappa shape index (κ3) is 13.7. The van der Waals surface area contributed by atoms with Crippen molar-refractivity contribution >= 4 is 24.0 Å². The van der Waals surface area contributed by atoms with E-state index in [9.17, 15) is 24.3 Å². The molecule has 2 rings (SSSR count). The number of hydrogen-bond donors (Lipinski definition) is 6. The summed E-state index contributed by atoms with van der Waals surface area (Å²) in [6, 6.07) is 16.4. The number of carboxylic acid groups (broad SMARTS) is 1. The van der Waals surface area contributed by atoms with Gasteiger partial charge < -0.3 is 36.8 Å². The number of carbonyl (C=O) groups is 4. The van der Waals surface area contributed by atoms with Crippen molar-refractivity contribution in [2.45, 2.75) is 70.1 Å². The molecular weight excluding hydrogens is 526 g/mol. The monoisotopic (exact) mass is 569 g/mol. The number of aliphatic carboxylic acids is 1. The number of amides is 4. The number of urea groups is 1. The molecule has 0 aliphatic rings. The Bertz CT molecular complexity index is 1070. The summed E-state index contributed by atoms with van der Waals surface area (Å²) in [6.45, 7) is 3.29. The molecule has 7 N–H and O–H groups in total. The lowest BCUT2D eigenvalue weighted by Crippen LogP contribution is -2.53. The van der Waals surface area contributed by atoms with E-state index in [0.717, 1.165) is 11.1 Å². The van der Waals surface area contributed by atoms with E-state index in [2.05, 4.69) is 21.3 Å². The Kier molecular flexibility index (Phi) is 15.4. The number of carbonyl (C=O) groups excluding carboxylic acids is 3. The SMILES string of the molecule is C[C@@H](CNC(=O)C(CCCCNC(=O)OCc1ccccc1)NC(=O)N[C@@H](CCCCN)C(=O)O)c1ccccc1. The average molecular weight is 570 g/mol. The first-order chi connectivity index (χ1) is 19.8. The topological polar surface area (TPSA) is 172 Å². The van der Waals surface area contributed by atoms with Crippen LogP contribution in [0.2, 0.25) is 0 Å². The number of carboxylic acids is 1. The van der Waals surface area contributed by atoms with Gasteiger partial charge in [-0.25, -0.2) is 14.4 Å². The summed E-state index contributed by atoms with van der Waals surface area (Å²) in [5, 5.41) is 20.1. The van der Waals surface area contributed by atoms with Gasteiger partial charge in [0.15, 0.2) is 0 Å². The van der Waals surface area contributed by atoms with Crippen molar-refractivity contribution in [1.82, 2.24) is 21.3 Å². The van der Waals surface area contributed by atoms with Gasteiger partial charge in [0.1, 0.15) is 18.7 Å². The fraction of sp³-hybridized carbons (Fsp3) is 0.467. The summed E-state index contributed by atoms with van der Waals surface area (Å²) < 4.78 is 5.19. The molecule has 11 nitrogen and oxygen atoms in total. The zero-order chi connectivity index (χ0) is 29.9. The summed E-state index contributed by atoms with van der Waals surface area (Å²) in [6.07, 6.45) is 2.25. The summed E-state index contributed by atoms with van der Waals surface area (Å²) in [5.74, 6) is -1.46. The Hall–Kier alpha value is -4.12. The summed E-state index contributed by atoms with van der Waals surface area (Å²) >= 11 is 0. The van der Waals surface area contributed by atoms with E-state index < -0.39 is 30.2 Å². The van der Waals surface area contributed by atoms with Crippen LogP contribution in [0.5, 0.6) is 0 Å². The van der Waals surface area contributed by atoms with Crippen LogP contribution in [0.25, 0.3) is 0 Å². The highest BCUT2D eigenvalue weighted by molar-refractivity contribution is 5.88. The predicted octanol–water partition coefficient (Wildman–Crippen LogP) is 3.25. The van der Waals surface area contributed by atoms with Gasteiger partial charge in [0, 0.05) is 13.1 Å². The molecule has 4 amide bonds. The zero-order valence-electron chi connectivity index (χ0n) is 23.6. The van der Waals surface area contributed by atoms with E-state index in [1.54, 1.807) is 0 Å². The normalized spacial score (nSPS) is 12.8. The van der Waals surface area contributed by atoms with Gasteiger partial charge in [-0.1, -0.05) is 67.6 Å². The number of benzene rings is 2. The van der Waals surface area contributed by atoms with Crippen LogP contribution in [0, 0.1) is 0 Å². The van der Waals surface area contributed by atoms with Gasteiger partial charge in [-0.05, 0) is 62.1 Å². The van der Waals surface area contributed by atoms with Crippen molar-refractivity contribution in [2.24, 2.45) is 5.73 Å². The predicted molar refractivity (Wildman–Crippen MR) is 156 cm³/mol. The van der Waals surface area contributed by atoms with Crippen LogP contribution in [0.3, 0.4) is 0 Å². The second-order valence-electron chi connectivity index (χ2n) is 9.89. The highest BCUT2D eigenvalue weighted by Gasteiger charge is 2.24. The summed E-state index contributed by atoms with van der Waals surface area (Å²) in [7, 11) is 0. The Morgan fingerprint density at radius 2 is 1.44 bits per heavy atom. The number of alkyl carbamates (subject to hydrolysis) is 1. The standard InChI is InChI=1S/C30H43N5O6/c1-22(24-14-6-3-7-15-24)20-33-27(36)25(34-29(39)35-26(28(37)38)17-8-10-18-31)16-9-11-19-32-30(40)41-21-23-12-4-2-5-13-23/h2-7,12-15,22,25-26H,8-11,16-21,31H2,1H3,(H,32,40)(H,33,36)(H,37,38)(H2,34,35,39)/t22-,25?,26-/m0/s1. The van der Waals surface area contributed by atoms with Crippen LogP contribution in [0.1, 0.15) is 62.5 Å². The Morgan fingerprint density at radius 1 is 0.829 bits per heavy atom. The minimum Gasteiger partial charge on any atom is -0.480 e. The quantitative estimate of drug-likeness (QED) is 0.150. The fourth-order valence-electron chi connectivity index (χ4n) is 4.09. The molecule has 0 radical (unpaired) electrons. The van der Waals surface area contributed by atoms with Gasteiger partial charge in [-0.3, -0.25) is 4.79 Å². The molecule has 0 bridgehead atoms. The number of unbranched alkanes of at least 4 members (excludes halogenated alkanes) is 2. The molecule has 0 aliphatic heterocycles. The first-order valence-electron chi connectivity index (χ1n) is 14.1. The van der Waals surface area contributed by atoms with E-state index in [-0.39, 0.29) is 24.9 Å². The Labute approximate surface area is 241 Å². The first-order valence-corrected chi connectivity index (χ1v) is 14.1. The van der Waals surface area contributed by atoms with Gasteiger partial charge in [0.25, 0.3) is 0 Å². The van der Waals surface area contributed by atoms with E-state index >= 15 is 0 Å². The molecule has 0 fully saturated rings.